The molecule has 2 unspecified atom stereocenters. The number of carbonyl (C=O) groups is 2. The first-order chi connectivity index (χ1) is 11.1. The maximum Gasteiger partial charge on any atom is 0.225 e. The highest BCUT2D eigenvalue weighted by atomic mass is 16.3. The minimum Gasteiger partial charge on any atom is -0.394 e. The summed E-state index contributed by atoms with van der Waals surface area (Å²) in [5.41, 5.74) is 0.865. The molecular weight excluding hydrogens is 292 g/mol. The summed E-state index contributed by atoms with van der Waals surface area (Å²) in [7, 11) is 0. The van der Waals surface area contributed by atoms with Crippen molar-refractivity contribution >= 4 is 11.8 Å². The Balaban J connectivity index is 1.97. The third-order valence-corrected chi connectivity index (χ3v) is 4.47. The summed E-state index contributed by atoms with van der Waals surface area (Å²) in [6.45, 7) is 4.43. The molecule has 1 heterocycles. The molecule has 23 heavy (non-hydrogen) atoms. The number of aliphatic hydroxyl groups excluding tert-OH is 1. The van der Waals surface area contributed by atoms with Crippen molar-refractivity contribution in [3.05, 3.63) is 35.9 Å². The van der Waals surface area contributed by atoms with E-state index in [1.54, 1.807) is 0 Å². The van der Waals surface area contributed by atoms with Crippen molar-refractivity contribution in [2.45, 2.75) is 45.2 Å². The largest absolute Gasteiger partial charge is 0.394 e. The lowest BCUT2D eigenvalue weighted by atomic mass is 10.0. The molecule has 0 aliphatic carbocycles. The van der Waals surface area contributed by atoms with Gasteiger partial charge in [0, 0.05) is 19.0 Å². The minimum absolute atomic E-state index is 0.0476. The summed E-state index contributed by atoms with van der Waals surface area (Å²) in [4.78, 5) is 26.4. The van der Waals surface area contributed by atoms with Crippen LogP contribution < -0.4 is 5.32 Å². The van der Waals surface area contributed by atoms with Gasteiger partial charge in [-0.3, -0.25) is 9.59 Å². The van der Waals surface area contributed by atoms with Crippen LogP contribution in [0.2, 0.25) is 0 Å². The third-order valence-electron chi connectivity index (χ3n) is 4.47. The van der Waals surface area contributed by atoms with Crippen LogP contribution in [0.5, 0.6) is 0 Å². The summed E-state index contributed by atoms with van der Waals surface area (Å²) in [5.74, 6) is -0.446. The van der Waals surface area contributed by atoms with Gasteiger partial charge in [0.05, 0.1) is 18.6 Å². The Hall–Kier alpha value is -1.88. The van der Waals surface area contributed by atoms with E-state index in [4.69, 9.17) is 0 Å². The molecular formula is C18H26N2O3. The van der Waals surface area contributed by atoms with Crippen LogP contribution in [0.1, 0.15) is 44.7 Å². The van der Waals surface area contributed by atoms with Crippen molar-refractivity contribution in [3.63, 3.8) is 0 Å². The lowest BCUT2D eigenvalue weighted by Gasteiger charge is -2.24. The van der Waals surface area contributed by atoms with Crippen molar-refractivity contribution in [1.82, 2.24) is 10.2 Å². The fraction of sp³-hybridized carbons (Fsp3) is 0.556. The van der Waals surface area contributed by atoms with Crippen LogP contribution in [-0.2, 0) is 9.59 Å². The van der Waals surface area contributed by atoms with Gasteiger partial charge in [-0.1, -0.05) is 43.7 Å². The molecule has 0 bridgehead atoms. The Morgan fingerprint density at radius 3 is 2.70 bits per heavy atom. The zero-order valence-electron chi connectivity index (χ0n) is 13.9. The van der Waals surface area contributed by atoms with Gasteiger partial charge in [-0.25, -0.2) is 0 Å². The fourth-order valence-corrected chi connectivity index (χ4v) is 3.12. The highest BCUT2D eigenvalue weighted by Gasteiger charge is 2.36. The van der Waals surface area contributed by atoms with Gasteiger partial charge in [0.25, 0.3) is 0 Å². The van der Waals surface area contributed by atoms with E-state index < -0.39 is 6.04 Å². The molecule has 2 rings (SSSR count). The molecule has 1 aromatic rings. The number of likely N-dealkylation sites (tertiary alicyclic amines) is 1. The molecule has 1 aliphatic heterocycles. The number of rotatable bonds is 7. The van der Waals surface area contributed by atoms with Gasteiger partial charge < -0.3 is 15.3 Å². The number of benzene rings is 1. The molecule has 0 radical (unpaired) electrons. The minimum atomic E-state index is -0.430. The van der Waals surface area contributed by atoms with E-state index in [2.05, 4.69) is 12.2 Å². The molecule has 0 saturated carbocycles. The van der Waals surface area contributed by atoms with Crippen molar-refractivity contribution < 1.29 is 14.7 Å². The summed E-state index contributed by atoms with van der Waals surface area (Å²) < 4.78 is 0. The van der Waals surface area contributed by atoms with Crippen LogP contribution in [0.3, 0.4) is 0 Å². The average Bonchev–Trinajstić information content (AvgIpc) is 2.95. The third kappa shape index (κ3) is 4.32. The number of hydrogen-bond acceptors (Lipinski definition) is 3. The van der Waals surface area contributed by atoms with Crippen LogP contribution in [0.25, 0.3) is 0 Å². The number of nitrogens with one attached hydrogen (secondary N) is 1. The molecule has 5 heteroatoms. The molecule has 0 aromatic heterocycles. The van der Waals surface area contributed by atoms with Gasteiger partial charge in [0.1, 0.15) is 0 Å². The quantitative estimate of drug-likeness (QED) is 0.806. The Bertz CT molecular complexity index is 532. The van der Waals surface area contributed by atoms with Crippen molar-refractivity contribution in [2.75, 3.05) is 13.2 Å². The Morgan fingerprint density at radius 1 is 1.39 bits per heavy atom. The molecule has 0 spiro atoms. The SMILES string of the molecule is CCCC(C)N1CC(C(=O)N[C@H](CO)c2ccccc2)CC1=O. The first kappa shape index (κ1) is 17.5. The van der Waals surface area contributed by atoms with Crippen molar-refractivity contribution in [2.24, 2.45) is 5.92 Å². The molecule has 2 amide bonds. The second-order valence-corrected chi connectivity index (χ2v) is 6.24. The van der Waals surface area contributed by atoms with Gasteiger partial charge >= 0.3 is 0 Å². The second kappa shape index (κ2) is 8.11. The van der Waals surface area contributed by atoms with E-state index in [-0.39, 0.29) is 36.8 Å². The Labute approximate surface area is 137 Å². The molecule has 3 atom stereocenters. The van der Waals surface area contributed by atoms with Crippen LogP contribution >= 0.6 is 0 Å². The lowest BCUT2D eigenvalue weighted by molar-refractivity contribution is -0.130. The Morgan fingerprint density at radius 2 is 2.09 bits per heavy atom. The molecule has 1 aliphatic rings. The summed E-state index contributed by atoms with van der Waals surface area (Å²) in [5, 5.41) is 12.4. The topological polar surface area (TPSA) is 69.6 Å². The van der Waals surface area contributed by atoms with E-state index in [1.165, 1.54) is 0 Å². The van der Waals surface area contributed by atoms with E-state index in [1.807, 2.05) is 42.2 Å². The van der Waals surface area contributed by atoms with E-state index in [9.17, 15) is 14.7 Å². The number of amides is 2. The highest BCUT2D eigenvalue weighted by molar-refractivity contribution is 5.89. The number of nitrogens with zero attached hydrogens (tertiary/aromatic N) is 1. The number of carbonyl (C=O) groups excluding carboxylic acids is 2. The maximum absolute atomic E-state index is 12.5. The predicted molar refractivity (Wildman–Crippen MR) is 88.6 cm³/mol. The fourth-order valence-electron chi connectivity index (χ4n) is 3.12. The molecule has 1 saturated heterocycles. The Kier molecular flexibility index (Phi) is 6.16. The van der Waals surface area contributed by atoms with Crippen molar-refractivity contribution in [3.8, 4) is 0 Å². The molecule has 5 nitrogen and oxygen atoms in total. The zero-order chi connectivity index (χ0) is 16.8. The first-order valence-corrected chi connectivity index (χ1v) is 8.32. The summed E-state index contributed by atoms with van der Waals surface area (Å²) in [6.07, 6.45) is 2.22. The van der Waals surface area contributed by atoms with Crippen LogP contribution in [-0.4, -0.2) is 41.0 Å². The van der Waals surface area contributed by atoms with Crippen LogP contribution in [0.4, 0.5) is 0 Å². The van der Waals surface area contributed by atoms with Crippen LogP contribution in [0.15, 0.2) is 30.3 Å². The lowest BCUT2D eigenvalue weighted by Crippen LogP contribution is -2.38. The molecule has 126 valence electrons. The normalized spacial score (nSPS) is 20.4. The standard InChI is InChI=1S/C18H26N2O3/c1-3-7-13(2)20-11-15(10-17(20)22)18(23)19-16(12-21)14-8-5-4-6-9-14/h4-6,8-9,13,15-16,21H,3,7,10-12H2,1-2H3,(H,19,23)/t13?,15?,16-/m1/s1. The average molecular weight is 318 g/mol. The summed E-state index contributed by atoms with van der Waals surface area (Å²) in [6, 6.07) is 9.12. The van der Waals surface area contributed by atoms with Crippen LogP contribution in [0, 0.1) is 5.92 Å². The van der Waals surface area contributed by atoms with Gasteiger partial charge in [0.15, 0.2) is 0 Å². The van der Waals surface area contributed by atoms with E-state index in [0.717, 1.165) is 18.4 Å². The van der Waals surface area contributed by atoms with Gasteiger partial charge in [-0.15, -0.1) is 0 Å². The number of hydrogen-bond donors (Lipinski definition) is 2. The zero-order valence-corrected chi connectivity index (χ0v) is 13.9. The first-order valence-electron chi connectivity index (χ1n) is 8.32. The molecule has 2 N–H and O–H groups in total. The van der Waals surface area contributed by atoms with Gasteiger partial charge in [-0.2, -0.15) is 0 Å². The predicted octanol–water partition coefficient (Wildman–Crippen LogP) is 1.87. The highest BCUT2D eigenvalue weighted by Crippen LogP contribution is 2.23. The van der Waals surface area contributed by atoms with Crippen molar-refractivity contribution in [1.29, 1.82) is 0 Å². The monoisotopic (exact) mass is 318 g/mol. The second-order valence-electron chi connectivity index (χ2n) is 6.24. The van der Waals surface area contributed by atoms with E-state index >= 15 is 0 Å². The number of aliphatic hydroxyl groups is 1. The maximum atomic E-state index is 12.5. The summed E-state index contributed by atoms with van der Waals surface area (Å²) >= 11 is 0. The van der Waals surface area contributed by atoms with Gasteiger partial charge in [0.2, 0.25) is 11.8 Å². The van der Waals surface area contributed by atoms with Gasteiger partial charge in [-0.05, 0) is 18.9 Å². The smallest absolute Gasteiger partial charge is 0.225 e. The van der Waals surface area contributed by atoms with E-state index in [0.29, 0.717) is 6.54 Å². The molecule has 1 aromatic carbocycles. The molecule has 1 fully saturated rings.